The highest BCUT2D eigenvalue weighted by Crippen LogP contribution is 2.20. The monoisotopic (exact) mass is 748 g/mol. The largest absolute Gasteiger partial charge is 0.370 e. The van der Waals surface area contributed by atoms with Crippen LogP contribution >= 0.6 is 11.8 Å². The Morgan fingerprint density at radius 3 is 2.04 bits per heavy atom. The van der Waals surface area contributed by atoms with Crippen LogP contribution in [0.25, 0.3) is 21.3 Å². The van der Waals surface area contributed by atoms with Crippen LogP contribution in [0.15, 0.2) is 65.9 Å². The highest BCUT2D eigenvalue weighted by molar-refractivity contribution is 7.98. The highest BCUT2D eigenvalue weighted by atomic mass is 32.2. The average molecular weight is 749 g/mol. The molecule has 1 aromatic heterocycles. The Labute approximate surface area is 312 Å². The number of azide groups is 1. The van der Waals surface area contributed by atoms with E-state index in [9.17, 15) is 28.8 Å². The Hall–Kier alpha value is -5.38. The maximum absolute atomic E-state index is 14.1. The van der Waals surface area contributed by atoms with E-state index in [0.717, 1.165) is 16.5 Å². The number of nitrogens with zero attached hydrogens (tertiary/aromatic N) is 3. The number of rotatable bonds is 21. The highest BCUT2D eigenvalue weighted by Gasteiger charge is 2.32. The Kier molecular flexibility index (Phi) is 16.8. The zero-order valence-electron chi connectivity index (χ0n) is 30.0. The van der Waals surface area contributed by atoms with Crippen molar-refractivity contribution in [1.29, 1.82) is 0 Å². The maximum atomic E-state index is 14.1. The Morgan fingerprint density at radius 1 is 0.811 bits per heavy atom. The van der Waals surface area contributed by atoms with Crippen LogP contribution in [0.3, 0.4) is 0 Å². The van der Waals surface area contributed by atoms with Gasteiger partial charge < -0.3 is 37.7 Å². The van der Waals surface area contributed by atoms with Crippen LogP contribution in [0.2, 0.25) is 0 Å². The van der Waals surface area contributed by atoms with E-state index in [-0.39, 0.29) is 44.4 Å². The lowest BCUT2D eigenvalue weighted by molar-refractivity contribution is -0.134. The molecule has 6 amide bonds. The van der Waals surface area contributed by atoms with Gasteiger partial charge in [0.15, 0.2) is 0 Å². The molecular formula is C36H48N10O6S. The minimum absolute atomic E-state index is 0.0266. The third-order valence-electron chi connectivity index (χ3n) is 8.39. The summed E-state index contributed by atoms with van der Waals surface area (Å²) in [6, 6.07) is 10.6. The van der Waals surface area contributed by atoms with Crippen LogP contribution in [0.4, 0.5) is 0 Å². The smallest absolute Gasteiger partial charge is 0.243 e. The van der Waals surface area contributed by atoms with Crippen molar-refractivity contribution in [2.75, 3.05) is 12.0 Å². The van der Waals surface area contributed by atoms with Crippen LogP contribution in [-0.2, 0) is 41.6 Å². The summed E-state index contributed by atoms with van der Waals surface area (Å²) in [5.74, 6) is -3.76. The minimum atomic E-state index is -1.21. The van der Waals surface area contributed by atoms with E-state index in [1.54, 1.807) is 36.5 Å². The second kappa shape index (κ2) is 21.2. The molecule has 3 aromatic rings. The molecule has 0 aliphatic carbocycles. The van der Waals surface area contributed by atoms with Gasteiger partial charge >= 0.3 is 0 Å². The van der Waals surface area contributed by atoms with E-state index in [0.29, 0.717) is 11.3 Å². The normalized spacial score (nSPS) is 13.8. The third kappa shape index (κ3) is 13.6. The Morgan fingerprint density at radius 2 is 1.40 bits per heavy atom. The number of aromatic nitrogens is 1. The SMILES string of the molecule is CSCC[C@H](NC(=O)[C@H](CC(C)C)NC(=O)[C@H](Cc1ccccc1)NC(=O)[C@H](Cc1c[nH]c2ccccc12)NC(=O)[C@@H](N)CCC(N)=O)C(=O)N=[N+]=[N-]. The number of carbonyl (C=O) groups is 6. The van der Waals surface area contributed by atoms with Gasteiger partial charge in [0.25, 0.3) is 0 Å². The zero-order valence-corrected chi connectivity index (χ0v) is 30.9. The second-order valence-electron chi connectivity index (χ2n) is 13.0. The molecule has 0 spiro atoms. The fourth-order valence-electron chi connectivity index (χ4n) is 5.62. The molecule has 284 valence electrons. The van der Waals surface area contributed by atoms with Crippen LogP contribution in [0, 0.1) is 5.92 Å². The summed E-state index contributed by atoms with van der Waals surface area (Å²) in [5.41, 5.74) is 22.3. The molecule has 0 radical (unpaired) electrons. The molecule has 17 heteroatoms. The molecule has 3 rings (SSSR count). The summed E-state index contributed by atoms with van der Waals surface area (Å²) >= 11 is 1.44. The summed E-state index contributed by atoms with van der Waals surface area (Å²) in [7, 11) is 0. The number of fused-ring (bicyclic) bond motifs is 1. The fraction of sp³-hybridized carbons (Fsp3) is 0.444. The lowest BCUT2D eigenvalue weighted by atomic mass is 9.99. The number of nitrogens with two attached hydrogens (primary N) is 2. The van der Waals surface area contributed by atoms with E-state index in [2.05, 4.69) is 36.3 Å². The molecular weight excluding hydrogens is 701 g/mol. The topological polar surface area (TPSA) is 267 Å². The lowest BCUT2D eigenvalue weighted by Gasteiger charge is -2.27. The summed E-state index contributed by atoms with van der Waals surface area (Å²) in [6.07, 6.45) is 3.85. The molecule has 53 heavy (non-hydrogen) atoms. The number of nitrogens with one attached hydrogen (secondary N) is 5. The first-order valence-corrected chi connectivity index (χ1v) is 18.6. The van der Waals surface area contributed by atoms with Crippen molar-refractivity contribution in [1.82, 2.24) is 26.3 Å². The molecule has 0 aliphatic rings. The molecule has 16 nitrogen and oxygen atoms in total. The summed E-state index contributed by atoms with van der Waals surface area (Å²) in [5, 5.41) is 14.8. The molecule has 1 heterocycles. The first kappa shape index (κ1) is 42.0. The van der Waals surface area contributed by atoms with Crippen molar-refractivity contribution in [3.63, 3.8) is 0 Å². The van der Waals surface area contributed by atoms with Gasteiger partial charge in [-0.1, -0.05) is 62.4 Å². The fourth-order valence-corrected chi connectivity index (χ4v) is 6.09. The standard InChI is InChI=1S/C36H48N10O6S/c1-21(2)17-28(33(49)41-27(15-16-53-3)36(52)45-46-39)43-34(50)29(18-22-9-5-4-6-10-22)44-35(51)30(42-32(48)25(37)13-14-31(38)47)19-23-20-40-26-12-8-7-11-24(23)26/h4-12,20-21,25,27-30,40H,13-19,37H2,1-3H3,(H2,38,47)(H,41,49)(H,42,48)(H,43,50)(H,44,51)/t25-,27-,28-,29-,30-/m0/s1. The summed E-state index contributed by atoms with van der Waals surface area (Å²) in [4.78, 5) is 84.5. The van der Waals surface area contributed by atoms with Crippen LogP contribution < -0.4 is 32.7 Å². The van der Waals surface area contributed by atoms with Crippen molar-refractivity contribution in [2.45, 2.75) is 82.6 Å². The number of primary amides is 1. The molecule has 2 aromatic carbocycles. The number of carbonyl (C=O) groups excluding carboxylic acids is 6. The van der Waals surface area contributed by atoms with Crippen LogP contribution in [0.1, 0.15) is 50.7 Å². The predicted molar refractivity (Wildman–Crippen MR) is 203 cm³/mol. The molecule has 0 fully saturated rings. The van der Waals surface area contributed by atoms with Crippen LogP contribution in [-0.4, -0.2) is 82.6 Å². The number of aromatic amines is 1. The molecule has 0 saturated carbocycles. The third-order valence-corrected chi connectivity index (χ3v) is 9.04. The summed E-state index contributed by atoms with van der Waals surface area (Å²) in [6.45, 7) is 3.72. The van der Waals surface area contributed by atoms with Gasteiger partial charge in [0.1, 0.15) is 18.1 Å². The van der Waals surface area contributed by atoms with Gasteiger partial charge in [-0.2, -0.15) is 11.8 Å². The van der Waals surface area contributed by atoms with Gasteiger partial charge in [-0.3, -0.25) is 28.8 Å². The number of amides is 6. The van der Waals surface area contributed by atoms with Crippen molar-refractivity contribution < 1.29 is 28.8 Å². The molecule has 0 saturated heterocycles. The first-order valence-electron chi connectivity index (χ1n) is 17.2. The zero-order chi connectivity index (χ0) is 38.9. The van der Waals surface area contributed by atoms with Gasteiger partial charge in [-0.15, -0.1) is 0 Å². The maximum Gasteiger partial charge on any atom is 0.243 e. The Balaban J connectivity index is 1.92. The second-order valence-corrected chi connectivity index (χ2v) is 14.0. The molecule has 0 aliphatic heterocycles. The van der Waals surface area contributed by atoms with E-state index < -0.39 is 65.7 Å². The number of H-pyrrole nitrogens is 1. The first-order chi connectivity index (χ1) is 25.3. The number of hydrogen-bond acceptors (Lipinski definition) is 8. The number of para-hydroxylation sites is 1. The Bertz CT molecular complexity index is 1780. The molecule has 9 N–H and O–H groups in total. The van der Waals surface area contributed by atoms with Crippen molar-refractivity contribution in [2.24, 2.45) is 22.5 Å². The molecule has 0 bridgehead atoms. The number of benzene rings is 2. The van der Waals surface area contributed by atoms with Gasteiger partial charge in [0.2, 0.25) is 35.4 Å². The van der Waals surface area contributed by atoms with Crippen LogP contribution in [0.5, 0.6) is 0 Å². The van der Waals surface area contributed by atoms with E-state index in [4.69, 9.17) is 17.0 Å². The predicted octanol–water partition coefficient (Wildman–Crippen LogP) is 2.12. The molecule has 0 unspecified atom stereocenters. The van der Waals surface area contributed by atoms with E-state index >= 15 is 0 Å². The van der Waals surface area contributed by atoms with Gasteiger partial charge in [0, 0.05) is 41.3 Å². The summed E-state index contributed by atoms with van der Waals surface area (Å²) < 4.78 is 0. The number of hydrogen-bond donors (Lipinski definition) is 7. The van der Waals surface area contributed by atoms with Crippen molar-refractivity contribution >= 4 is 58.1 Å². The quantitative estimate of drug-likeness (QED) is 0.0481. The average Bonchev–Trinajstić information content (AvgIpc) is 3.54. The van der Waals surface area contributed by atoms with E-state index in [1.165, 1.54) is 11.8 Å². The number of thioether (sulfide) groups is 1. The molecule has 5 atom stereocenters. The lowest BCUT2D eigenvalue weighted by Crippen LogP contribution is -2.59. The van der Waals surface area contributed by atoms with Crippen molar-refractivity contribution in [3.05, 3.63) is 82.4 Å². The van der Waals surface area contributed by atoms with Gasteiger partial charge in [-0.25, -0.2) is 0 Å². The van der Waals surface area contributed by atoms with Crippen molar-refractivity contribution in [3.8, 4) is 0 Å². The van der Waals surface area contributed by atoms with E-state index in [1.807, 2.05) is 44.4 Å². The van der Waals surface area contributed by atoms with Gasteiger partial charge in [-0.05, 0) is 65.0 Å². The van der Waals surface area contributed by atoms with Gasteiger partial charge in [0.05, 0.1) is 12.1 Å². The minimum Gasteiger partial charge on any atom is -0.370 e.